The van der Waals surface area contributed by atoms with Crippen LogP contribution in [0.25, 0.3) is 0 Å². The normalized spacial score (nSPS) is 13.2. The van der Waals surface area contributed by atoms with Gasteiger partial charge in [0, 0.05) is 32.9 Å². The highest BCUT2D eigenvalue weighted by Crippen LogP contribution is 2.24. The van der Waals surface area contributed by atoms with E-state index in [1.807, 2.05) is 30.3 Å². The lowest BCUT2D eigenvalue weighted by atomic mass is 9.92. The summed E-state index contributed by atoms with van der Waals surface area (Å²) >= 11 is 0. The Morgan fingerprint density at radius 1 is 0.957 bits per heavy atom. The van der Waals surface area contributed by atoms with Crippen molar-refractivity contribution in [1.29, 1.82) is 0 Å². The molecule has 0 amide bonds. The minimum absolute atomic E-state index is 0.0851. The van der Waals surface area contributed by atoms with Crippen LogP contribution >= 0.6 is 0 Å². The van der Waals surface area contributed by atoms with Gasteiger partial charge in [0.25, 0.3) is 0 Å². The summed E-state index contributed by atoms with van der Waals surface area (Å²) in [4.78, 5) is 0. The predicted octanol–water partition coefficient (Wildman–Crippen LogP) is 0.0397. The van der Waals surface area contributed by atoms with Gasteiger partial charge in [0.1, 0.15) is 0 Å². The molecule has 1 atom stereocenters. The zero-order valence-corrected chi connectivity index (χ0v) is 13.5. The highest BCUT2D eigenvalue weighted by molar-refractivity contribution is 5.14. The highest BCUT2D eigenvalue weighted by Gasteiger charge is 2.30. The molecule has 1 rings (SSSR count). The van der Waals surface area contributed by atoms with Crippen molar-refractivity contribution in [3.05, 3.63) is 35.9 Å². The monoisotopic (exact) mass is 327 g/mol. The second kappa shape index (κ2) is 11.5. The van der Waals surface area contributed by atoms with Crippen molar-refractivity contribution in [1.82, 2.24) is 5.32 Å². The summed E-state index contributed by atoms with van der Waals surface area (Å²) in [5, 5.41) is 40.7. The van der Waals surface area contributed by atoms with Gasteiger partial charge in [-0.1, -0.05) is 30.3 Å². The number of ether oxygens (including phenoxy) is 1. The maximum atomic E-state index is 10.0. The standard InChI is InChI=1S/C17H29NO5/c19-9-6-17(7-10-20,8-11-21)23-14-16(22)13-18-12-15-4-2-1-3-5-15/h1-5,16,18-22H,6-14H2. The molecular formula is C17H29NO5. The minimum atomic E-state index is -0.793. The zero-order chi connectivity index (χ0) is 17.0. The summed E-state index contributed by atoms with van der Waals surface area (Å²) in [6, 6.07) is 9.89. The fourth-order valence-electron chi connectivity index (χ4n) is 2.51. The van der Waals surface area contributed by atoms with Gasteiger partial charge in [0.2, 0.25) is 0 Å². The van der Waals surface area contributed by atoms with E-state index in [9.17, 15) is 5.11 Å². The van der Waals surface area contributed by atoms with Crippen molar-refractivity contribution in [2.24, 2.45) is 0 Å². The first-order valence-electron chi connectivity index (χ1n) is 8.05. The first kappa shape index (κ1) is 20.0. The Hall–Kier alpha value is -1.02. The molecule has 0 aliphatic rings. The SMILES string of the molecule is OCCC(CCO)(CCO)OCC(O)CNCc1ccccc1. The summed E-state index contributed by atoms with van der Waals surface area (Å²) in [6.45, 7) is 0.837. The van der Waals surface area contributed by atoms with Crippen LogP contribution in [0.15, 0.2) is 30.3 Å². The van der Waals surface area contributed by atoms with Crippen molar-refractivity contribution >= 4 is 0 Å². The van der Waals surface area contributed by atoms with Gasteiger partial charge in [0.15, 0.2) is 0 Å². The van der Waals surface area contributed by atoms with E-state index in [0.717, 1.165) is 5.56 Å². The largest absolute Gasteiger partial charge is 0.396 e. The molecule has 0 fully saturated rings. The molecule has 0 radical (unpaired) electrons. The molecule has 6 heteroatoms. The van der Waals surface area contributed by atoms with Gasteiger partial charge in [-0.25, -0.2) is 0 Å². The molecule has 23 heavy (non-hydrogen) atoms. The Bertz CT molecular complexity index is 384. The maximum absolute atomic E-state index is 10.0. The molecule has 1 aromatic carbocycles. The Morgan fingerprint density at radius 3 is 2.04 bits per heavy atom. The first-order valence-corrected chi connectivity index (χ1v) is 8.05. The average Bonchev–Trinajstić information content (AvgIpc) is 2.55. The van der Waals surface area contributed by atoms with E-state index in [0.29, 0.717) is 32.4 Å². The fraction of sp³-hybridized carbons (Fsp3) is 0.647. The van der Waals surface area contributed by atoms with Crippen LogP contribution in [0, 0.1) is 0 Å². The third kappa shape index (κ3) is 7.87. The van der Waals surface area contributed by atoms with Gasteiger partial charge in [-0.05, 0) is 24.8 Å². The van der Waals surface area contributed by atoms with Crippen molar-refractivity contribution in [2.75, 3.05) is 33.0 Å². The lowest BCUT2D eigenvalue weighted by Gasteiger charge is -2.33. The number of rotatable bonds is 13. The molecule has 0 saturated carbocycles. The van der Waals surface area contributed by atoms with Crippen molar-refractivity contribution in [3.8, 4) is 0 Å². The molecule has 1 unspecified atom stereocenters. The summed E-state index contributed by atoms with van der Waals surface area (Å²) in [5.41, 5.74) is 0.342. The van der Waals surface area contributed by atoms with E-state index in [1.54, 1.807) is 0 Å². The van der Waals surface area contributed by atoms with E-state index in [-0.39, 0.29) is 26.4 Å². The Labute approximate surface area is 137 Å². The molecule has 5 N–H and O–H groups in total. The van der Waals surface area contributed by atoms with Crippen LogP contribution in [0.3, 0.4) is 0 Å². The lowest BCUT2D eigenvalue weighted by molar-refractivity contribution is -0.109. The van der Waals surface area contributed by atoms with Crippen LogP contribution in [0.5, 0.6) is 0 Å². The molecule has 0 spiro atoms. The van der Waals surface area contributed by atoms with Crippen molar-refractivity contribution < 1.29 is 25.2 Å². The molecule has 0 heterocycles. The van der Waals surface area contributed by atoms with Crippen LogP contribution < -0.4 is 5.32 Å². The third-order valence-electron chi connectivity index (χ3n) is 3.84. The highest BCUT2D eigenvalue weighted by atomic mass is 16.5. The van der Waals surface area contributed by atoms with Crippen LogP contribution in [0.4, 0.5) is 0 Å². The van der Waals surface area contributed by atoms with Gasteiger partial charge in [-0.15, -0.1) is 0 Å². The number of aliphatic hydroxyl groups excluding tert-OH is 4. The van der Waals surface area contributed by atoms with E-state index in [4.69, 9.17) is 20.1 Å². The molecule has 6 nitrogen and oxygen atoms in total. The van der Waals surface area contributed by atoms with E-state index in [1.165, 1.54) is 0 Å². The van der Waals surface area contributed by atoms with E-state index >= 15 is 0 Å². The van der Waals surface area contributed by atoms with Gasteiger partial charge >= 0.3 is 0 Å². The summed E-state index contributed by atoms with van der Waals surface area (Å²) < 4.78 is 5.75. The van der Waals surface area contributed by atoms with E-state index in [2.05, 4.69) is 5.32 Å². The Morgan fingerprint density at radius 2 is 1.52 bits per heavy atom. The molecule has 132 valence electrons. The number of aliphatic hydroxyl groups is 4. The molecule has 0 aliphatic heterocycles. The second-order valence-corrected chi connectivity index (χ2v) is 5.69. The number of nitrogens with one attached hydrogen (secondary N) is 1. The quantitative estimate of drug-likeness (QED) is 0.351. The van der Waals surface area contributed by atoms with Crippen LogP contribution in [-0.2, 0) is 11.3 Å². The first-order chi connectivity index (χ1) is 11.2. The molecule has 0 bridgehead atoms. The minimum Gasteiger partial charge on any atom is -0.396 e. The van der Waals surface area contributed by atoms with Crippen LogP contribution in [0.1, 0.15) is 24.8 Å². The van der Waals surface area contributed by atoms with Gasteiger partial charge < -0.3 is 30.5 Å². The number of benzene rings is 1. The van der Waals surface area contributed by atoms with Gasteiger partial charge in [-0.3, -0.25) is 0 Å². The van der Waals surface area contributed by atoms with Crippen LogP contribution in [-0.4, -0.2) is 65.1 Å². The fourth-order valence-corrected chi connectivity index (χ4v) is 2.51. The predicted molar refractivity (Wildman–Crippen MR) is 87.9 cm³/mol. The maximum Gasteiger partial charge on any atom is 0.0898 e. The molecular weight excluding hydrogens is 298 g/mol. The lowest BCUT2D eigenvalue weighted by Crippen LogP contribution is -2.40. The summed E-state index contributed by atoms with van der Waals surface area (Å²) in [6.07, 6.45) is 0.253. The Balaban J connectivity index is 2.37. The molecule has 0 saturated heterocycles. The summed E-state index contributed by atoms with van der Waals surface area (Å²) in [5.74, 6) is 0. The Kier molecular flexibility index (Phi) is 10.0. The topological polar surface area (TPSA) is 102 Å². The van der Waals surface area contributed by atoms with Crippen molar-refractivity contribution in [3.63, 3.8) is 0 Å². The molecule has 0 aliphatic carbocycles. The average molecular weight is 327 g/mol. The van der Waals surface area contributed by atoms with Crippen molar-refractivity contribution in [2.45, 2.75) is 37.5 Å². The molecule has 1 aromatic rings. The van der Waals surface area contributed by atoms with Crippen LogP contribution in [0.2, 0.25) is 0 Å². The van der Waals surface area contributed by atoms with Gasteiger partial charge in [0.05, 0.1) is 18.3 Å². The zero-order valence-electron chi connectivity index (χ0n) is 13.5. The smallest absolute Gasteiger partial charge is 0.0898 e. The van der Waals surface area contributed by atoms with Gasteiger partial charge in [-0.2, -0.15) is 0 Å². The van der Waals surface area contributed by atoms with E-state index < -0.39 is 11.7 Å². The third-order valence-corrected chi connectivity index (χ3v) is 3.84. The number of hydrogen-bond acceptors (Lipinski definition) is 6. The number of hydrogen-bond donors (Lipinski definition) is 5. The summed E-state index contributed by atoms with van der Waals surface area (Å²) in [7, 11) is 0. The second-order valence-electron chi connectivity index (χ2n) is 5.69. The molecule has 0 aromatic heterocycles.